The topological polar surface area (TPSA) is 118 Å². The number of nitro groups is 1. The predicted octanol–water partition coefficient (Wildman–Crippen LogP) is 1.30. The fraction of sp³-hybridized carbons (Fsp3) is 0.133. The summed E-state index contributed by atoms with van der Waals surface area (Å²) in [6, 6.07) is 13.1. The fourth-order valence-corrected chi connectivity index (χ4v) is 2.92. The maximum atomic E-state index is 12.0. The summed E-state index contributed by atoms with van der Waals surface area (Å²) in [6.45, 7) is 0.109. The summed E-state index contributed by atoms with van der Waals surface area (Å²) in [7, 11) is -3.79. The first-order chi connectivity index (χ1) is 11.4. The van der Waals surface area contributed by atoms with E-state index in [2.05, 4.69) is 10.0 Å². The number of nitrogens with zero attached hydrogens (tertiary/aromatic N) is 1. The average molecular weight is 349 g/mol. The Labute approximate surface area is 138 Å². The number of carbonyl (C=O) groups is 1. The van der Waals surface area contributed by atoms with Crippen LogP contribution in [0.15, 0.2) is 59.5 Å². The Kier molecular flexibility index (Phi) is 5.61. The average Bonchev–Trinajstić information content (AvgIpc) is 2.59. The molecule has 9 heteroatoms. The van der Waals surface area contributed by atoms with Gasteiger partial charge in [0.1, 0.15) is 0 Å². The number of nitro benzene ring substituents is 1. The molecule has 0 spiro atoms. The van der Waals surface area contributed by atoms with E-state index in [0.29, 0.717) is 5.56 Å². The van der Waals surface area contributed by atoms with Crippen molar-refractivity contribution in [1.29, 1.82) is 0 Å². The molecule has 2 rings (SSSR count). The van der Waals surface area contributed by atoms with Gasteiger partial charge in [0.2, 0.25) is 10.0 Å². The highest BCUT2D eigenvalue weighted by atomic mass is 32.2. The van der Waals surface area contributed by atoms with Gasteiger partial charge in [0.25, 0.3) is 11.6 Å². The number of rotatable bonds is 7. The van der Waals surface area contributed by atoms with E-state index in [9.17, 15) is 23.3 Å². The van der Waals surface area contributed by atoms with Crippen LogP contribution < -0.4 is 10.0 Å². The third-order valence-corrected chi connectivity index (χ3v) is 4.57. The first kappa shape index (κ1) is 17.6. The minimum absolute atomic E-state index is 0.00209. The molecule has 0 saturated heterocycles. The van der Waals surface area contributed by atoms with Gasteiger partial charge in [-0.05, 0) is 24.3 Å². The van der Waals surface area contributed by atoms with Gasteiger partial charge >= 0.3 is 0 Å². The lowest BCUT2D eigenvalue weighted by atomic mass is 10.2. The van der Waals surface area contributed by atoms with Gasteiger partial charge in [-0.15, -0.1) is 0 Å². The van der Waals surface area contributed by atoms with Crippen LogP contribution in [0.4, 0.5) is 5.69 Å². The van der Waals surface area contributed by atoms with E-state index in [-0.39, 0.29) is 29.6 Å². The quantitative estimate of drug-likeness (QED) is 0.444. The van der Waals surface area contributed by atoms with E-state index < -0.39 is 14.9 Å². The van der Waals surface area contributed by atoms with Gasteiger partial charge in [0, 0.05) is 30.8 Å². The third-order valence-electron chi connectivity index (χ3n) is 3.10. The van der Waals surface area contributed by atoms with Crippen LogP contribution in [-0.2, 0) is 10.0 Å². The van der Waals surface area contributed by atoms with E-state index in [1.165, 1.54) is 0 Å². The predicted molar refractivity (Wildman–Crippen MR) is 87.1 cm³/mol. The first-order valence-electron chi connectivity index (χ1n) is 6.97. The second-order valence-electron chi connectivity index (χ2n) is 4.77. The van der Waals surface area contributed by atoms with Crippen LogP contribution in [0.25, 0.3) is 0 Å². The van der Waals surface area contributed by atoms with E-state index >= 15 is 0 Å². The summed E-state index contributed by atoms with van der Waals surface area (Å²) in [4.78, 5) is 21.7. The Balaban J connectivity index is 1.86. The molecular weight excluding hydrogens is 334 g/mol. The molecule has 0 unspecified atom stereocenters. The molecule has 0 heterocycles. The molecule has 0 aliphatic carbocycles. The van der Waals surface area contributed by atoms with Crippen LogP contribution in [0.3, 0.4) is 0 Å². The zero-order chi connectivity index (χ0) is 17.6. The summed E-state index contributed by atoms with van der Waals surface area (Å²) in [5, 5.41) is 13.1. The number of amides is 1. The second-order valence-corrected chi connectivity index (χ2v) is 6.54. The van der Waals surface area contributed by atoms with E-state index in [0.717, 1.165) is 24.3 Å². The molecule has 2 aromatic rings. The Bertz CT molecular complexity index is 820. The molecule has 24 heavy (non-hydrogen) atoms. The van der Waals surface area contributed by atoms with Crippen molar-refractivity contribution in [2.45, 2.75) is 4.90 Å². The Morgan fingerprint density at radius 1 is 1.00 bits per heavy atom. The summed E-state index contributed by atoms with van der Waals surface area (Å²) in [5.41, 5.74) is 0.291. The van der Waals surface area contributed by atoms with Crippen molar-refractivity contribution in [1.82, 2.24) is 10.0 Å². The monoisotopic (exact) mass is 349 g/mol. The highest BCUT2D eigenvalue weighted by Gasteiger charge is 2.15. The normalized spacial score (nSPS) is 11.0. The Morgan fingerprint density at radius 3 is 2.21 bits per heavy atom. The van der Waals surface area contributed by atoms with Gasteiger partial charge < -0.3 is 5.32 Å². The highest BCUT2D eigenvalue weighted by molar-refractivity contribution is 7.89. The zero-order valence-corrected chi connectivity index (χ0v) is 13.3. The lowest BCUT2D eigenvalue weighted by Gasteiger charge is -2.08. The lowest BCUT2D eigenvalue weighted by molar-refractivity contribution is -0.384. The van der Waals surface area contributed by atoms with Crippen LogP contribution in [0.5, 0.6) is 0 Å². The van der Waals surface area contributed by atoms with Gasteiger partial charge in [0.05, 0.1) is 9.82 Å². The van der Waals surface area contributed by atoms with E-state index in [4.69, 9.17) is 0 Å². The zero-order valence-electron chi connectivity index (χ0n) is 12.5. The number of sulfonamides is 1. The molecule has 2 N–H and O–H groups in total. The van der Waals surface area contributed by atoms with Gasteiger partial charge in [-0.2, -0.15) is 0 Å². The minimum Gasteiger partial charge on any atom is -0.351 e. The van der Waals surface area contributed by atoms with E-state index in [1.807, 2.05) is 0 Å². The molecule has 0 radical (unpaired) electrons. The number of non-ortho nitro benzene ring substituents is 1. The molecule has 0 saturated carbocycles. The molecule has 126 valence electrons. The SMILES string of the molecule is O=C(NCCNS(=O)(=O)c1ccc([N+](=O)[O-])cc1)c1ccccc1. The largest absolute Gasteiger partial charge is 0.351 e. The maximum absolute atomic E-state index is 12.0. The first-order valence-corrected chi connectivity index (χ1v) is 8.46. The standard InChI is InChI=1S/C15H15N3O5S/c19-15(12-4-2-1-3-5-12)16-10-11-17-24(22,23)14-8-6-13(7-9-14)18(20)21/h1-9,17H,10-11H2,(H,16,19). The minimum atomic E-state index is -3.79. The Morgan fingerprint density at radius 2 is 1.62 bits per heavy atom. The smallest absolute Gasteiger partial charge is 0.269 e. The number of hydrogen-bond acceptors (Lipinski definition) is 5. The van der Waals surface area contributed by atoms with Crippen LogP contribution in [0.2, 0.25) is 0 Å². The summed E-state index contributed by atoms with van der Waals surface area (Å²) >= 11 is 0. The molecule has 0 aliphatic rings. The van der Waals surface area contributed by atoms with Crippen molar-refractivity contribution in [3.63, 3.8) is 0 Å². The van der Waals surface area contributed by atoms with Crippen molar-refractivity contribution in [2.75, 3.05) is 13.1 Å². The number of hydrogen-bond donors (Lipinski definition) is 2. The maximum Gasteiger partial charge on any atom is 0.269 e. The van der Waals surface area contributed by atoms with Crippen LogP contribution in [0, 0.1) is 10.1 Å². The number of carbonyl (C=O) groups excluding carboxylic acids is 1. The molecule has 0 aromatic heterocycles. The second kappa shape index (κ2) is 7.66. The van der Waals surface area contributed by atoms with Crippen LogP contribution >= 0.6 is 0 Å². The number of nitrogens with one attached hydrogen (secondary N) is 2. The molecule has 0 bridgehead atoms. The van der Waals surface area contributed by atoms with Gasteiger partial charge in [-0.3, -0.25) is 14.9 Å². The van der Waals surface area contributed by atoms with Crippen molar-refractivity contribution < 1.29 is 18.1 Å². The molecule has 8 nitrogen and oxygen atoms in total. The molecule has 0 aliphatic heterocycles. The third kappa shape index (κ3) is 4.61. The van der Waals surface area contributed by atoms with Gasteiger partial charge in [-0.1, -0.05) is 18.2 Å². The molecule has 0 atom stereocenters. The van der Waals surface area contributed by atoms with E-state index in [1.54, 1.807) is 30.3 Å². The van der Waals surface area contributed by atoms with Gasteiger partial charge in [0.15, 0.2) is 0 Å². The van der Waals surface area contributed by atoms with Gasteiger partial charge in [-0.25, -0.2) is 13.1 Å². The molecular formula is C15H15N3O5S. The van der Waals surface area contributed by atoms with Crippen molar-refractivity contribution in [2.24, 2.45) is 0 Å². The van der Waals surface area contributed by atoms with Crippen LogP contribution in [0.1, 0.15) is 10.4 Å². The van der Waals surface area contributed by atoms with Crippen molar-refractivity contribution in [3.05, 3.63) is 70.3 Å². The number of benzene rings is 2. The van der Waals surface area contributed by atoms with Crippen molar-refractivity contribution in [3.8, 4) is 0 Å². The highest BCUT2D eigenvalue weighted by Crippen LogP contribution is 2.15. The summed E-state index contributed by atoms with van der Waals surface area (Å²) in [5.74, 6) is -0.301. The summed E-state index contributed by atoms with van der Waals surface area (Å²) < 4.78 is 26.4. The Hall–Kier alpha value is -2.78. The van der Waals surface area contributed by atoms with Crippen molar-refractivity contribution >= 4 is 21.6 Å². The fourth-order valence-electron chi connectivity index (χ4n) is 1.88. The molecule has 1 amide bonds. The van der Waals surface area contributed by atoms with Crippen LogP contribution in [-0.4, -0.2) is 32.3 Å². The lowest BCUT2D eigenvalue weighted by Crippen LogP contribution is -2.34. The summed E-state index contributed by atoms with van der Waals surface area (Å²) in [6.07, 6.45) is 0. The molecule has 0 fully saturated rings. The molecule has 2 aromatic carbocycles.